The number of hydrogen-bond donors (Lipinski definition) is 1. The van der Waals surface area contributed by atoms with E-state index < -0.39 is 10.7 Å². The summed E-state index contributed by atoms with van der Waals surface area (Å²) >= 11 is 0. The maximum atomic E-state index is 13.3. The summed E-state index contributed by atoms with van der Waals surface area (Å²) in [6.07, 6.45) is 0.0228. The molecule has 23 heavy (non-hydrogen) atoms. The van der Waals surface area contributed by atoms with E-state index in [2.05, 4.69) is 5.32 Å². The Morgan fingerprint density at radius 2 is 1.87 bits per heavy atom. The van der Waals surface area contributed by atoms with Gasteiger partial charge in [0.1, 0.15) is 0 Å². The lowest BCUT2D eigenvalue weighted by molar-refractivity contribution is -0.385. The molecule has 6 nitrogen and oxygen atoms in total. The number of rotatable bonds is 7. The molecule has 0 spiro atoms. The van der Waals surface area contributed by atoms with E-state index in [1.165, 1.54) is 18.2 Å². The highest BCUT2D eigenvalue weighted by Crippen LogP contribution is 2.17. The maximum Gasteiger partial charge on any atom is 0.274 e. The highest BCUT2D eigenvalue weighted by molar-refractivity contribution is 5.76. The molecule has 0 bridgehead atoms. The molecule has 2 aromatic carbocycles. The van der Waals surface area contributed by atoms with Crippen LogP contribution >= 0.6 is 0 Å². The molecule has 0 saturated carbocycles. The number of amides is 1. The first-order valence-corrected chi connectivity index (χ1v) is 6.94. The largest absolute Gasteiger partial charge is 0.490 e. The summed E-state index contributed by atoms with van der Waals surface area (Å²) in [4.78, 5) is 22.1. The predicted molar refractivity (Wildman–Crippen MR) is 81.5 cm³/mol. The fourth-order valence-corrected chi connectivity index (χ4v) is 1.94. The zero-order chi connectivity index (χ0) is 16.7. The van der Waals surface area contributed by atoms with Crippen LogP contribution in [0.25, 0.3) is 0 Å². The third kappa shape index (κ3) is 4.77. The lowest BCUT2D eigenvalue weighted by Crippen LogP contribution is -2.24. The Balaban J connectivity index is 1.80. The van der Waals surface area contributed by atoms with E-state index >= 15 is 0 Å². The molecule has 1 N–H and O–H groups in total. The van der Waals surface area contributed by atoms with Crippen LogP contribution in [-0.4, -0.2) is 17.4 Å². The Hall–Kier alpha value is -2.96. The van der Waals surface area contributed by atoms with Crippen LogP contribution < -0.4 is 10.1 Å². The minimum Gasteiger partial charge on any atom is -0.490 e. The van der Waals surface area contributed by atoms with Crippen molar-refractivity contribution in [1.82, 2.24) is 5.32 Å². The smallest absolute Gasteiger partial charge is 0.274 e. The summed E-state index contributed by atoms with van der Waals surface area (Å²) in [5.41, 5.74) is 0.372. The van der Waals surface area contributed by atoms with Crippen LogP contribution in [0.3, 0.4) is 0 Å². The first-order chi connectivity index (χ1) is 11.1. The summed E-state index contributed by atoms with van der Waals surface area (Å²) in [6, 6.07) is 12.1. The van der Waals surface area contributed by atoms with Crippen molar-refractivity contribution in [1.29, 1.82) is 0 Å². The van der Waals surface area contributed by atoms with E-state index in [1.54, 1.807) is 30.3 Å². The van der Waals surface area contributed by atoms with Gasteiger partial charge in [-0.1, -0.05) is 30.3 Å². The topological polar surface area (TPSA) is 81.5 Å². The molecule has 0 aliphatic rings. The van der Waals surface area contributed by atoms with E-state index in [1.807, 2.05) is 0 Å². The third-order valence-corrected chi connectivity index (χ3v) is 3.09. The average Bonchev–Trinajstić information content (AvgIpc) is 2.55. The van der Waals surface area contributed by atoms with Crippen molar-refractivity contribution in [3.63, 3.8) is 0 Å². The van der Waals surface area contributed by atoms with Crippen LogP contribution in [0.2, 0.25) is 0 Å². The Bertz CT molecular complexity index is 706. The van der Waals surface area contributed by atoms with Crippen LogP contribution in [0.1, 0.15) is 12.0 Å². The molecule has 0 aliphatic carbocycles. The molecule has 1 amide bonds. The standard InChI is InChI=1S/C16H15FN2O4/c17-13-6-2-4-8-15(13)23-10-9-16(20)18-11-12-5-1-3-7-14(12)19(21)22/h1-8H,9-11H2,(H,18,20). The second-order valence-electron chi connectivity index (χ2n) is 4.69. The number of nitro groups is 1. The summed E-state index contributed by atoms with van der Waals surface area (Å²) < 4.78 is 18.5. The van der Waals surface area contributed by atoms with Gasteiger partial charge >= 0.3 is 0 Å². The second kappa shape index (κ2) is 7.88. The molecule has 0 unspecified atom stereocenters. The Morgan fingerprint density at radius 3 is 2.61 bits per heavy atom. The number of para-hydroxylation sites is 2. The van der Waals surface area contributed by atoms with Gasteiger partial charge in [-0.05, 0) is 12.1 Å². The number of benzene rings is 2. The number of halogens is 1. The van der Waals surface area contributed by atoms with Crippen molar-refractivity contribution in [2.24, 2.45) is 0 Å². The molecule has 0 saturated heterocycles. The summed E-state index contributed by atoms with van der Waals surface area (Å²) in [7, 11) is 0. The average molecular weight is 318 g/mol. The third-order valence-electron chi connectivity index (χ3n) is 3.09. The van der Waals surface area contributed by atoms with Gasteiger partial charge in [-0.15, -0.1) is 0 Å². The Morgan fingerprint density at radius 1 is 1.17 bits per heavy atom. The zero-order valence-corrected chi connectivity index (χ0v) is 12.2. The van der Waals surface area contributed by atoms with Crippen LogP contribution in [0.5, 0.6) is 5.75 Å². The van der Waals surface area contributed by atoms with Crippen LogP contribution in [-0.2, 0) is 11.3 Å². The lowest BCUT2D eigenvalue weighted by Gasteiger charge is -2.08. The van der Waals surface area contributed by atoms with E-state index in [-0.39, 0.29) is 36.9 Å². The van der Waals surface area contributed by atoms with Gasteiger partial charge in [0.05, 0.1) is 18.0 Å². The molecule has 120 valence electrons. The summed E-state index contributed by atoms with van der Waals surface area (Å²) in [6.45, 7) is 0.0688. The van der Waals surface area contributed by atoms with Crippen LogP contribution in [0.15, 0.2) is 48.5 Å². The SMILES string of the molecule is O=C(CCOc1ccccc1F)NCc1ccccc1[N+](=O)[O-]. The number of carbonyl (C=O) groups excluding carboxylic acids is 1. The van der Waals surface area contributed by atoms with Gasteiger partial charge in [0.15, 0.2) is 11.6 Å². The van der Waals surface area contributed by atoms with Gasteiger partial charge in [0.25, 0.3) is 5.69 Å². The number of nitrogens with one attached hydrogen (secondary N) is 1. The van der Waals surface area contributed by atoms with Gasteiger partial charge in [-0.25, -0.2) is 4.39 Å². The molecule has 2 rings (SSSR count). The fourth-order valence-electron chi connectivity index (χ4n) is 1.94. The molecular weight excluding hydrogens is 303 g/mol. The van der Waals surface area contributed by atoms with Gasteiger partial charge in [-0.2, -0.15) is 0 Å². The lowest BCUT2D eigenvalue weighted by atomic mass is 10.2. The molecular formula is C16H15FN2O4. The molecule has 0 fully saturated rings. The first-order valence-electron chi connectivity index (χ1n) is 6.94. The van der Waals surface area contributed by atoms with Gasteiger partial charge < -0.3 is 10.1 Å². The number of nitrogens with zero attached hydrogens (tertiary/aromatic N) is 1. The van der Waals surface area contributed by atoms with Crippen LogP contribution in [0, 0.1) is 15.9 Å². The van der Waals surface area contributed by atoms with Crippen molar-refractivity contribution >= 4 is 11.6 Å². The Labute approximate surface area is 132 Å². The number of nitro benzene ring substituents is 1. The zero-order valence-electron chi connectivity index (χ0n) is 12.2. The van der Waals surface area contributed by atoms with Gasteiger partial charge in [0, 0.05) is 18.2 Å². The Kier molecular flexibility index (Phi) is 5.62. The van der Waals surface area contributed by atoms with Crippen molar-refractivity contribution in [3.8, 4) is 5.75 Å². The molecule has 0 aliphatic heterocycles. The summed E-state index contributed by atoms with van der Waals surface area (Å²) in [5.74, 6) is -0.744. The maximum absolute atomic E-state index is 13.3. The van der Waals surface area contributed by atoms with Crippen molar-refractivity contribution < 1.29 is 18.8 Å². The predicted octanol–water partition coefficient (Wildman–Crippen LogP) is 2.82. The van der Waals surface area contributed by atoms with Crippen LogP contribution in [0.4, 0.5) is 10.1 Å². The minimum atomic E-state index is -0.497. The summed E-state index contributed by atoms with van der Waals surface area (Å²) in [5, 5.41) is 13.4. The molecule has 0 heterocycles. The van der Waals surface area contributed by atoms with E-state index in [4.69, 9.17) is 4.74 Å². The van der Waals surface area contributed by atoms with Crippen molar-refractivity contribution in [3.05, 3.63) is 70.0 Å². The fraction of sp³-hybridized carbons (Fsp3) is 0.188. The first kappa shape index (κ1) is 16.4. The van der Waals surface area contributed by atoms with Gasteiger partial charge in [-0.3, -0.25) is 14.9 Å². The highest BCUT2D eigenvalue weighted by Gasteiger charge is 2.13. The monoisotopic (exact) mass is 318 g/mol. The molecule has 0 radical (unpaired) electrons. The van der Waals surface area contributed by atoms with Gasteiger partial charge in [0.2, 0.25) is 5.91 Å². The van der Waals surface area contributed by atoms with E-state index in [0.717, 1.165) is 0 Å². The molecule has 0 aromatic heterocycles. The molecule has 2 aromatic rings. The highest BCUT2D eigenvalue weighted by atomic mass is 19.1. The number of hydrogen-bond acceptors (Lipinski definition) is 4. The molecule has 0 atom stereocenters. The number of ether oxygens (including phenoxy) is 1. The number of carbonyl (C=O) groups is 1. The van der Waals surface area contributed by atoms with E-state index in [0.29, 0.717) is 5.56 Å². The van der Waals surface area contributed by atoms with Crippen molar-refractivity contribution in [2.45, 2.75) is 13.0 Å². The normalized spacial score (nSPS) is 10.1. The van der Waals surface area contributed by atoms with Crippen molar-refractivity contribution in [2.75, 3.05) is 6.61 Å². The van der Waals surface area contributed by atoms with E-state index in [9.17, 15) is 19.3 Å². The minimum absolute atomic E-state index is 0.0175. The second-order valence-corrected chi connectivity index (χ2v) is 4.69. The quantitative estimate of drug-likeness (QED) is 0.628. The molecule has 7 heteroatoms.